The van der Waals surface area contributed by atoms with Crippen molar-refractivity contribution in [3.8, 4) is 11.6 Å². The molecule has 1 aromatic carbocycles. The van der Waals surface area contributed by atoms with Crippen molar-refractivity contribution in [2.75, 3.05) is 0 Å². The molecule has 0 aliphatic rings. The van der Waals surface area contributed by atoms with E-state index in [2.05, 4.69) is 25.9 Å². The summed E-state index contributed by atoms with van der Waals surface area (Å²) in [7, 11) is 0. The highest BCUT2D eigenvalue weighted by Gasteiger charge is 2.08. The van der Waals surface area contributed by atoms with Crippen molar-refractivity contribution in [2.24, 2.45) is 0 Å². The van der Waals surface area contributed by atoms with Crippen LogP contribution < -0.4 is 4.74 Å². The number of aromatic nitrogens is 2. The average Bonchev–Trinajstić information content (AvgIpc) is 2.34. The number of aryl methyl sites for hydroxylation is 1. The molecule has 0 bridgehead atoms. The normalized spacial score (nSPS) is 10.1. The van der Waals surface area contributed by atoms with Gasteiger partial charge < -0.3 is 9.84 Å². The van der Waals surface area contributed by atoms with Crippen LogP contribution in [0.5, 0.6) is 11.6 Å². The summed E-state index contributed by atoms with van der Waals surface area (Å²) in [6, 6.07) is 5.56. The first-order valence-electron chi connectivity index (χ1n) is 5.05. The van der Waals surface area contributed by atoms with Gasteiger partial charge in [-0.3, -0.25) is 4.98 Å². The van der Waals surface area contributed by atoms with Crippen LogP contribution in [-0.2, 0) is 0 Å². The van der Waals surface area contributed by atoms with Crippen LogP contribution in [0.2, 0.25) is 0 Å². The lowest BCUT2D eigenvalue weighted by atomic mass is 10.2. The molecule has 18 heavy (non-hydrogen) atoms. The van der Waals surface area contributed by atoms with Crippen molar-refractivity contribution in [1.82, 2.24) is 9.97 Å². The Bertz CT molecular complexity index is 602. The summed E-state index contributed by atoms with van der Waals surface area (Å²) in [6.45, 7) is 1.89. The Morgan fingerprint density at radius 3 is 2.89 bits per heavy atom. The zero-order valence-electron chi connectivity index (χ0n) is 9.42. The van der Waals surface area contributed by atoms with E-state index in [-0.39, 0.29) is 11.6 Å². The predicted molar refractivity (Wildman–Crippen MR) is 67.9 cm³/mol. The highest BCUT2D eigenvalue weighted by atomic mass is 79.9. The van der Waals surface area contributed by atoms with Gasteiger partial charge in [0.15, 0.2) is 5.69 Å². The van der Waals surface area contributed by atoms with Crippen molar-refractivity contribution in [2.45, 2.75) is 6.92 Å². The maximum Gasteiger partial charge on any atom is 0.356 e. The summed E-state index contributed by atoms with van der Waals surface area (Å²) in [5.41, 5.74) is 0.765. The summed E-state index contributed by atoms with van der Waals surface area (Å²) < 4.78 is 6.38. The molecular weight excluding hydrogens is 300 g/mol. The Morgan fingerprint density at radius 1 is 1.39 bits per heavy atom. The number of benzene rings is 1. The van der Waals surface area contributed by atoms with E-state index in [1.807, 2.05) is 19.1 Å². The Kier molecular flexibility index (Phi) is 3.57. The van der Waals surface area contributed by atoms with Gasteiger partial charge >= 0.3 is 5.97 Å². The van der Waals surface area contributed by atoms with Crippen LogP contribution in [0.15, 0.2) is 35.1 Å². The number of halogens is 1. The third-order valence-corrected chi connectivity index (χ3v) is 2.69. The number of hydrogen-bond acceptors (Lipinski definition) is 4. The number of carboxylic acid groups (broad SMARTS) is 1. The Labute approximate surface area is 112 Å². The molecule has 2 aromatic rings. The molecule has 1 N–H and O–H groups in total. The summed E-state index contributed by atoms with van der Waals surface area (Å²) in [5, 5.41) is 8.81. The van der Waals surface area contributed by atoms with Gasteiger partial charge in [-0.15, -0.1) is 0 Å². The largest absolute Gasteiger partial charge is 0.476 e. The van der Waals surface area contributed by atoms with Crippen LogP contribution >= 0.6 is 15.9 Å². The second kappa shape index (κ2) is 5.14. The summed E-state index contributed by atoms with van der Waals surface area (Å²) in [5.74, 6) is -0.392. The summed E-state index contributed by atoms with van der Waals surface area (Å²) in [4.78, 5) is 18.4. The van der Waals surface area contributed by atoms with Gasteiger partial charge in [0.2, 0.25) is 5.88 Å². The number of rotatable bonds is 3. The molecule has 2 rings (SSSR count). The molecule has 0 spiro atoms. The van der Waals surface area contributed by atoms with E-state index in [4.69, 9.17) is 9.84 Å². The van der Waals surface area contributed by atoms with Crippen LogP contribution in [0.25, 0.3) is 0 Å². The predicted octanol–water partition coefficient (Wildman–Crippen LogP) is 3.04. The fraction of sp³-hybridized carbons (Fsp3) is 0.0833. The van der Waals surface area contributed by atoms with E-state index in [9.17, 15) is 4.79 Å². The molecule has 92 valence electrons. The van der Waals surface area contributed by atoms with Crippen molar-refractivity contribution >= 4 is 21.9 Å². The van der Waals surface area contributed by atoms with Crippen molar-refractivity contribution < 1.29 is 14.6 Å². The van der Waals surface area contributed by atoms with Gasteiger partial charge in [0.1, 0.15) is 5.75 Å². The van der Waals surface area contributed by atoms with E-state index in [0.717, 1.165) is 10.0 Å². The second-order valence-corrected chi connectivity index (χ2v) is 4.48. The van der Waals surface area contributed by atoms with Gasteiger partial charge in [-0.05, 0) is 24.6 Å². The summed E-state index contributed by atoms with van der Waals surface area (Å²) >= 11 is 3.34. The molecule has 6 heteroatoms. The topological polar surface area (TPSA) is 72.3 Å². The Hall–Kier alpha value is -1.95. The fourth-order valence-corrected chi connectivity index (χ4v) is 1.64. The average molecular weight is 309 g/mol. The van der Waals surface area contributed by atoms with Crippen molar-refractivity contribution in [3.05, 3.63) is 46.3 Å². The highest BCUT2D eigenvalue weighted by Crippen LogP contribution is 2.26. The fourth-order valence-electron chi connectivity index (χ4n) is 1.30. The number of aromatic carboxylic acids is 1. The van der Waals surface area contributed by atoms with E-state index in [1.54, 1.807) is 6.07 Å². The quantitative estimate of drug-likeness (QED) is 0.943. The zero-order chi connectivity index (χ0) is 13.1. The standard InChI is InChI=1S/C12H9BrN2O3/c1-7-2-3-8(13)4-10(7)18-11-6-14-5-9(15-11)12(16)17/h2-6H,1H3,(H,16,17). The third-order valence-electron chi connectivity index (χ3n) is 2.20. The van der Waals surface area contributed by atoms with Crippen LogP contribution in [0, 0.1) is 6.92 Å². The molecule has 0 amide bonds. The Morgan fingerprint density at radius 2 is 2.17 bits per heavy atom. The van der Waals surface area contributed by atoms with E-state index in [1.165, 1.54) is 12.4 Å². The van der Waals surface area contributed by atoms with E-state index in [0.29, 0.717) is 5.75 Å². The van der Waals surface area contributed by atoms with Gasteiger partial charge in [0.25, 0.3) is 0 Å². The Balaban J connectivity index is 2.31. The minimum Gasteiger partial charge on any atom is -0.476 e. The number of carboxylic acids is 1. The van der Waals surface area contributed by atoms with Crippen LogP contribution in [-0.4, -0.2) is 21.0 Å². The van der Waals surface area contributed by atoms with Gasteiger partial charge in [0.05, 0.1) is 12.4 Å². The lowest BCUT2D eigenvalue weighted by molar-refractivity contribution is 0.0689. The first-order valence-corrected chi connectivity index (χ1v) is 5.85. The third kappa shape index (κ3) is 2.84. The minimum atomic E-state index is -1.14. The lowest BCUT2D eigenvalue weighted by Crippen LogP contribution is -2.02. The van der Waals surface area contributed by atoms with Crippen LogP contribution in [0.3, 0.4) is 0 Å². The smallest absolute Gasteiger partial charge is 0.356 e. The molecule has 0 fully saturated rings. The molecular formula is C12H9BrN2O3. The monoisotopic (exact) mass is 308 g/mol. The lowest BCUT2D eigenvalue weighted by Gasteiger charge is -2.08. The van der Waals surface area contributed by atoms with Crippen LogP contribution in [0.4, 0.5) is 0 Å². The number of nitrogens with zero attached hydrogens (tertiary/aromatic N) is 2. The van der Waals surface area contributed by atoms with Gasteiger partial charge in [-0.1, -0.05) is 22.0 Å². The number of hydrogen-bond donors (Lipinski definition) is 1. The van der Waals surface area contributed by atoms with E-state index < -0.39 is 5.97 Å². The van der Waals surface area contributed by atoms with Crippen LogP contribution in [0.1, 0.15) is 16.1 Å². The molecule has 1 heterocycles. The summed E-state index contributed by atoms with van der Waals surface area (Å²) in [6.07, 6.45) is 2.54. The molecule has 0 atom stereocenters. The van der Waals surface area contributed by atoms with Gasteiger partial charge in [0, 0.05) is 4.47 Å². The highest BCUT2D eigenvalue weighted by molar-refractivity contribution is 9.10. The minimum absolute atomic E-state index is 0.149. The molecule has 1 aromatic heterocycles. The first-order chi connectivity index (χ1) is 8.56. The van der Waals surface area contributed by atoms with E-state index >= 15 is 0 Å². The molecule has 0 aliphatic carbocycles. The maximum atomic E-state index is 10.8. The number of ether oxygens (including phenoxy) is 1. The van der Waals surface area contributed by atoms with Gasteiger partial charge in [-0.2, -0.15) is 0 Å². The molecule has 0 unspecified atom stereocenters. The molecule has 0 saturated carbocycles. The molecule has 0 radical (unpaired) electrons. The molecule has 0 aliphatic heterocycles. The van der Waals surface area contributed by atoms with Crippen molar-refractivity contribution in [3.63, 3.8) is 0 Å². The number of carbonyl (C=O) groups is 1. The maximum absolute atomic E-state index is 10.8. The SMILES string of the molecule is Cc1ccc(Br)cc1Oc1cncc(C(=O)O)n1. The van der Waals surface area contributed by atoms with Gasteiger partial charge in [-0.25, -0.2) is 9.78 Å². The molecule has 0 saturated heterocycles. The first kappa shape index (κ1) is 12.5. The molecule has 5 nitrogen and oxygen atoms in total. The van der Waals surface area contributed by atoms with Crippen molar-refractivity contribution in [1.29, 1.82) is 0 Å². The second-order valence-electron chi connectivity index (χ2n) is 3.56. The zero-order valence-corrected chi connectivity index (χ0v) is 11.0.